The molecule has 0 bridgehead atoms. The normalized spacial score (nSPS) is 27.5. The third-order valence-corrected chi connectivity index (χ3v) is 8.94. The molecular formula is C15H22ClNO2S2. The van der Waals surface area contributed by atoms with E-state index >= 15 is 0 Å². The second kappa shape index (κ2) is 6.19. The summed E-state index contributed by atoms with van der Waals surface area (Å²) in [5.74, 6) is 1.70. The number of hydrogen-bond acceptors (Lipinski definition) is 3. The second-order valence-corrected chi connectivity index (χ2v) is 9.83. The maximum atomic E-state index is 12.8. The van der Waals surface area contributed by atoms with Crippen LogP contribution >= 0.6 is 22.9 Å². The number of alkyl halides is 1. The highest BCUT2D eigenvalue weighted by Gasteiger charge is 2.37. The summed E-state index contributed by atoms with van der Waals surface area (Å²) in [6.07, 6.45) is 6.07. The zero-order chi connectivity index (χ0) is 15.0. The molecular weight excluding hydrogens is 326 g/mol. The molecule has 0 radical (unpaired) electrons. The molecule has 2 aliphatic rings. The molecule has 0 N–H and O–H groups in total. The van der Waals surface area contributed by atoms with Gasteiger partial charge < -0.3 is 0 Å². The molecule has 3 rings (SSSR count). The van der Waals surface area contributed by atoms with Crippen molar-refractivity contribution in [3.8, 4) is 0 Å². The van der Waals surface area contributed by atoms with Crippen LogP contribution in [-0.2, 0) is 15.9 Å². The van der Waals surface area contributed by atoms with Crippen LogP contribution in [0.4, 0.5) is 0 Å². The first kappa shape index (κ1) is 15.8. The van der Waals surface area contributed by atoms with Gasteiger partial charge >= 0.3 is 0 Å². The number of aryl methyl sites for hydroxylation is 1. The van der Waals surface area contributed by atoms with Crippen molar-refractivity contribution in [1.82, 2.24) is 4.31 Å². The first-order valence-corrected chi connectivity index (χ1v) is 10.5. The fraction of sp³-hybridized carbons (Fsp3) is 0.733. The lowest BCUT2D eigenvalue weighted by atomic mass is 9.76. The van der Waals surface area contributed by atoms with Gasteiger partial charge in [0.15, 0.2) is 0 Å². The minimum absolute atomic E-state index is 0.386. The highest BCUT2D eigenvalue weighted by atomic mass is 35.5. The van der Waals surface area contributed by atoms with Gasteiger partial charge in [-0.3, -0.25) is 0 Å². The van der Waals surface area contributed by atoms with Crippen LogP contribution in [0.15, 0.2) is 10.3 Å². The number of rotatable bonds is 3. The number of nitrogens with zero attached hydrogens (tertiary/aromatic N) is 1. The van der Waals surface area contributed by atoms with E-state index in [0.717, 1.165) is 22.8 Å². The van der Waals surface area contributed by atoms with E-state index in [9.17, 15) is 8.42 Å². The van der Waals surface area contributed by atoms with Crippen LogP contribution < -0.4 is 0 Å². The molecule has 1 aromatic rings. The van der Waals surface area contributed by atoms with Gasteiger partial charge in [-0.15, -0.1) is 22.9 Å². The van der Waals surface area contributed by atoms with E-state index in [2.05, 4.69) is 0 Å². The van der Waals surface area contributed by atoms with Gasteiger partial charge in [0.25, 0.3) is 10.0 Å². The lowest BCUT2D eigenvalue weighted by Gasteiger charge is -2.40. The summed E-state index contributed by atoms with van der Waals surface area (Å²) in [6.45, 7) is 3.32. The van der Waals surface area contributed by atoms with Crippen LogP contribution in [0.25, 0.3) is 0 Å². The van der Waals surface area contributed by atoms with Crippen LogP contribution in [-0.4, -0.2) is 25.8 Å². The zero-order valence-electron chi connectivity index (χ0n) is 12.3. The maximum absolute atomic E-state index is 12.8. The highest BCUT2D eigenvalue weighted by Crippen LogP contribution is 2.38. The van der Waals surface area contributed by atoms with Crippen molar-refractivity contribution in [2.75, 3.05) is 13.1 Å². The summed E-state index contributed by atoms with van der Waals surface area (Å²) < 4.78 is 27.8. The number of halogens is 1. The van der Waals surface area contributed by atoms with E-state index in [-0.39, 0.29) is 0 Å². The smallest absolute Gasteiger partial charge is 0.206 e. The Morgan fingerprint density at radius 3 is 2.67 bits per heavy atom. The average Bonchev–Trinajstić information content (AvgIpc) is 2.88. The molecule has 0 amide bonds. The first-order valence-electron chi connectivity index (χ1n) is 7.68. The SMILES string of the molecule is Cc1cc(S(=O)(=O)N2CCC3CCCCC3C2)sc1CCl. The lowest BCUT2D eigenvalue weighted by Crippen LogP contribution is -2.44. The molecule has 118 valence electrons. The van der Waals surface area contributed by atoms with Gasteiger partial charge in [-0.05, 0) is 43.2 Å². The van der Waals surface area contributed by atoms with Crippen LogP contribution in [0.2, 0.25) is 0 Å². The molecule has 0 spiro atoms. The van der Waals surface area contributed by atoms with E-state index in [4.69, 9.17) is 11.6 Å². The largest absolute Gasteiger partial charge is 0.252 e. The maximum Gasteiger partial charge on any atom is 0.252 e. The van der Waals surface area contributed by atoms with Crippen molar-refractivity contribution in [3.63, 3.8) is 0 Å². The molecule has 2 atom stereocenters. The fourth-order valence-corrected chi connectivity index (χ4v) is 7.14. The molecule has 6 heteroatoms. The minimum atomic E-state index is -3.33. The van der Waals surface area contributed by atoms with E-state index in [1.54, 1.807) is 10.4 Å². The average molecular weight is 348 g/mol. The molecule has 2 unspecified atom stereocenters. The topological polar surface area (TPSA) is 37.4 Å². The predicted octanol–water partition coefficient (Wildman–Crippen LogP) is 4.00. The minimum Gasteiger partial charge on any atom is -0.206 e. The Morgan fingerprint density at radius 2 is 2.00 bits per heavy atom. The molecule has 0 aromatic carbocycles. The number of fused-ring (bicyclic) bond motifs is 1. The van der Waals surface area contributed by atoms with Gasteiger partial charge in [-0.2, -0.15) is 4.31 Å². The summed E-state index contributed by atoms with van der Waals surface area (Å²) in [7, 11) is -3.33. The third kappa shape index (κ3) is 3.03. The van der Waals surface area contributed by atoms with Crippen molar-refractivity contribution < 1.29 is 8.42 Å². The van der Waals surface area contributed by atoms with Gasteiger partial charge in [0, 0.05) is 18.0 Å². The van der Waals surface area contributed by atoms with Crippen LogP contribution in [0.5, 0.6) is 0 Å². The molecule has 21 heavy (non-hydrogen) atoms. The van der Waals surface area contributed by atoms with Crippen molar-refractivity contribution in [2.24, 2.45) is 11.8 Å². The highest BCUT2D eigenvalue weighted by molar-refractivity contribution is 7.91. The summed E-state index contributed by atoms with van der Waals surface area (Å²) in [6, 6.07) is 1.78. The van der Waals surface area contributed by atoms with E-state index in [0.29, 0.717) is 29.1 Å². The zero-order valence-corrected chi connectivity index (χ0v) is 14.7. The van der Waals surface area contributed by atoms with E-state index in [1.807, 2.05) is 6.92 Å². The summed E-state index contributed by atoms with van der Waals surface area (Å²) in [5.41, 5.74) is 0.987. The van der Waals surface area contributed by atoms with Gasteiger partial charge in [-0.1, -0.05) is 19.3 Å². The number of piperidine rings is 1. The van der Waals surface area contributed by atoms with Gasteiger partial charge in [0.2, 0.25) is 0 Å². The van der Waals surface area contributed by atoms with Gasteiger partial charge in [0.1, 0.15) is 4.21 Å². The van der Waals surface area contributed by atoms with Crippen molar-refractivity contribution >= 4 is 33.0 Å². The fourth-order valence-electron chi connectivity index (χ4n) is 3.66. The number of hydrogen-bond donors (Lipinski definition) is 0. The quantitative estimate of drug-likeness (QED) is 0.775. The van der Waals surface area contributed by atoms with E-state index < -0.39 is 10.0 Å². The van der Waals surface area contributed by atoms with Crippen molar-refractivity contribution in [2.45, 2.75) is 49.1 Å². The Bertz CT molecular complexity index is 611. The van der Waals surface area contributed by atoms with E-state index in [1.165, 1.54) is 37.0 Å². The molecule has 2 heterocycles. The Hall–Kier alpha value is -0.100. The van der Waals surface area contributed by atoms with Crippen LogP contribution in [0, 0.1) is 18.8 Å². The molecule has 3 nitrogen and oxygen atoms in total. The van der Waals surface area contributed by atoms with Crippen molar-refractivity contribution in [1.29, 1.82) is 0 Å². The second-order valence-electron chi connectivity index (χ2n) is 6.26. The van der Waals surface area contributed by atoms with Gasteiger partial charge in [-0.25, -0.2) is 8.42 Å². The lowest BCUT2D eigenvalue weighted by molar-refractivity contribution is 0.136. The standard InChI is InChI=1S/C15H22ClNO2S2/c1-11-8-15(20-14(11)9-16)21(18,19)17-7-6-12-4-2-3-5-13(12)10-17/h8,12-13H,2-7,9-10H2,1H3. The Balaban J connectivity index is 1.81. The van der Waals surface area contributed by atoms with Crippen LogP contribution in [0.3, 0.4) is 0 Å². The van der Waals surface area contributed by atoms with Crippen molar-refractivity contribution in [3.05, 3.63) is 16.5 Å². The molecule has 1 saturated heterocycles. The molecule has 2 fully saturated rings. The third-order valence-electron chi connectivity index (χ3n) is 4.97. The molecule has 1 aliphatic heterocycles. The molecule has 1 aromatic heterocycles. The number of thiophene rings is 1. The summed E-state index contributed by atoms with van der Waals surface area (Å²) in [4.78, 5) is 0.961. The Labute approximate surface area is 136 Å². The predicted molar refractivity (Wildman–Crippen MR) is 87.4 cm³/mol. The van der Waals surface area contributed by atoms with Gasteiger partial charge in [0.05, 0.1) is 5.88 Å². The first-order chi connectivity index (χ1) is 10.0. The Kier molecular flexibility index (Phi) is 4.65. The summed E-state index contributed by atoms with van der Waals surface area (Å²) >= 11 is 7.20. The molecule has 1 aliphatic carbocycles. The number of sulfonamides is 1. The monoisotopic (exact) mass is 347 g/mol. The summed E-state index contributed by atoms with van der Waals surface area (Å²) in [5, 5.41) is 0. The van der Waals surface area contributed by atoms with Crippen LogP contribution in [0.1, 0.15) is 42.5 Å². The Morgan fingerprint density at radius 1 is 1.29 bits per heavy atom. The molecule has 1 saturated carbocycles.